The Hall–Kier alpha value is -1.97. The largest absolute Gasteiger partial charge is 0.396 e. The zero-order valence-corrected chi connectivity index (χ0v) is 8.18. The molecule has 0 aliphatic carbocycles. The lowest BCUT2D eigenvalue weighted by Crippen LogP contribution is -1.98. The Morgan fingerprint density at radius 2 is 1.50 bits per heavy atom. The standard InChI is InChI=1S/C12H8F3N/c13-8-4-2-1-3-7(8)11-9(14)5-6-10(16)12(11)15/h1-6H,16H2. The first-order chi connectivity index (χ1) is 7.61. The van der Waals surface area contributed by atoms with Gasteiger partial charge in [0.05, 0.1) is 11.3 Å². The maximum Gasteiger partial charge on any atom is 0.156 e. The van der Waals surface area contributed by atoms with Gasteiger partial charge in [-0.25, -0.2) is 13.2 Å². The second-order valence-corrected chi connectivity index (χ2v) is 3.31. The van der Waals surface area contributed by atoms with Crippen molar-refractivity contribution in [3.8, 4) is 11.1 Å². The van der Waals surface area contributed by atoms with Gasteiger partial charge in [-0.2, -0.15) is 0 Å². The minimum atomic E-state index is -0.940. The van der Waals surface area contributed by atoms with Gasteiger partial charge < -0.3 is 5.73 Å². The summed E-state index contributed by atoms with van der Waals surface area (Å²) in [5.41, 5.74) is 4.54. The molecule has 0 saturated heterocycles. The van der Waals surface area contributed by atoms with Gasteiger partial charge in [0, 0.05) is 5.56 Å². The highest BCUT2D eigenvalue weighted by Crippen LogP contribution is 2.30. The van der Waals surface area contributed by atoms with Crippen molar-refractivity contribution in [1.29, 1.82) is 0 Å². The van der Waals surface area contributed by atoms with Crippen molar-refractivity contribution in [1.82, 2.24) is 0 Å². The molecule has 0 aliphatic rings. The second-order valence-electron chi connectivity index (χ2n) is 3.31. The van der Waals surface area contributed by atoms with Gasteiger partial charge in [0.25, 0.3) is 0 Å². The monoisotopic (exact) mass is 223 g/mol. The minimum absolute atomic E-state index is 0.134. The summed E-state index contributed by atoms with van der Waals surface area (Å²) in [5.74, 6) is -2.46. The average Bonchev–Trinajstić information content (AvgIpc) is 2.27. The molecule has 2 rings (SSSR count). The van der Waals surface area contributed by atoms with Gasteiger partial charge in [0.2, 0.25) is 0 Å². The smallest absolute Gasteiger partial charge is 0.156 e. The summed E-state index contributed by atoms with van der Waals surface area (Å²) >= 11 is 0. The van der Waals surface area contributed by atoms with Crippen molar-refractivity contribution in [2.75, 3.05) is 5.73 Å². The van der Waals surface area contributed by atoms with Gasteiger partial charge in [-0.1, -0.05) is 18.2 Å². The Morgan fingerprint density at radius 1 is 0.812 bits per heavy atom. The lowest BCUT2D eigenvalue weighted by atomic mass is 10.0. The lowest BCUT2D eigenvalue weighted by Gasteiger charge is -2.07. The van der Waals surface area contributed by atoms with Crippen LogP contribution in [0.1, 0.15) is 0 Å². The van der Waals surface area contributed by atoms with Crippen LogP contribution in [0.4, 0.5) is 18.9 Å². The van der Waals surface area contributed by atoms with E-state index in [0.717, 1.165) is 18.2 Å². The molecule has 0 fully saturated rings. The molecule has 0 heterocycles. The molecule has 2 aromatic rings. The third kappa shape index (κ3) is 1.62. The number of hydrogen-bond donors (Lipinski definition) is 1. The molecule has 0 aromatic heterocycles. The van der Waals surface area contributed by atoms with E-state index in [4.69, 9.17) is 5.73 Å². The van der Waals surface area contributed by atoms with Crippen LogP contribution in [-0.2, 0) is 0 Å². The summed E-state index contributed by atoms with van der Waals surface area (Å²) in [7, 11) is 0. The molecule has 0 amide bonds. The topological polar surface area (TPSA) is 26.0 Å². The van der Waals surface area contributed by atoms with Gasteiger partial charge in [0.1, 0.15) is 11.6 Å². The molecule has 0 saturated carbocycles. The van der Waals surface area contributed by atoms with Crippen LogP contribution in [-0.4, -0.2) is 0 Å². The molecule has 0 aliphatic heterocycles. The molecule has 2 N–H and O–H groups in total. The van der Waals surface area contributed by atoms with Crippen LogP contribution in [0.25, 0.3) is 11.1 Å². The van der Waals surface area contributed by atoms with Crippen LogP contribution in [0.2, 0.25) is 0 Å². The predicted molar refractivity (Wildman–Crippen MR) is 56.2 cm³/mol. The third-order valence-corrected chi connectivity index (χ3v) is 2.26. The van der Waals surface area contributed by atoms with Crippen LogP contribution in [0, 0.1) is 17.5 Å². The lowest BCUT2D eigenvalue weighted by molar-refractivity contribution is 0.584. The van der Waals surface area contributed by atoms with Crippen molar-refractivity contribution in [2.45, 2.75) is 0 Å². The first-order valence-electron chi connectivity index (χ1n) is 4.59. The number of benzene rings is 2. The highest BCUT2D eigenvalue weighted by Gasteiger charge is 2.16. The Morgan fingerprint density at radius 3 is 2.19 bits per heavy atom. The predicted octanol–water partition coefficient (Wildman–Crippen LogP) is 3.35. The molecule has 82 valence electrons. The SMILES string of the molecule is Nc1ccc(F)c(-c2ccccc2F)c1F. The summed E-state index contributed by atoms with van der Waals surface area (Å²) in [6.45, 7) is 0. The zero-order valence-electron chi connectivity index (χ0n) is 8.18. The molecular formula is C12H8F3N. The first kappa shape index (κ1) is 10.5. The van der Waals surface area contributed by atoms with Crippen LogP contribution in [0.15, 0.2) is 36.4 Å². The molecule has 0 spiro atoms. The number of anilines is 1. The average molecular weight is 223 g/mol. The fourth-order valence-electron chi connectivity index (χ4n) is 1.48. The number of nitrogen functional groups attached to an aromatic ring is 1. The van der Waals surface area contributed by atoms with Gasteiger partial charge in [-0.05, 0) is 18.2 Å². The number of halogens is 3. The zero-order chi connectivity index (χ0) is 11.7. The number of nitrogens with two attached hydrogens (primary N) is 1. The summed E-state index contributed by atoms with van der Waals surface area (Å²) in [6.07, 6.45) is 0. The molecule has 16 heavy (non-hydrogen) atoms. The Balaban J connectivity index is 2.74. The van der Waals surface area contributed by atoms with Crippen molar-refractivity contribution >= 4 is 5.69 Å². The summed E-state index contributed by atoms with van der Waals surface area (Å²) < 4.78 is 40.4. The highest BCUT2D eigenvalue weighted by atomic mass is 19.1. The van der Waals surface area contributed by atoms with Crippen molar-refractivity contribution in [3.63, 3.8) is 0 Å². The van der Waals surface area contributed by atoms with Crippen molar-refractivity contribution in [2.24, 2.45) is 0 Å². The molecule has 4 heteroatoms. The van der Waals surface area contributed by atoms with Gasteiger partial charge >= 0.3 is 0 Å². The summed E-state index contributed by atoms with van der Waals surface area (Å²) in [6, 6.07) is 7.50. The van der Waals surface area contributed by atoms with Gasteiger partial charge in [0.15, 0.2) is 5.82 Å². The van der Waals surface area contributed by atoms with E-state index in [2.05, 4.69) is 0 Å². The molecule has 1 nitrogen and oxygen atoms in total. The van der Waals surface area contributed by atoms with Crippen LogP contribution < -0.4 is 5.73 Å². The highest BCUT2D eigenvalue weighted by molar-refractivity contribution is 5.69. The summed E-state index contributed by atoms with van der Waals surface area (Å²) in [4.78, 5) is 0. The minimum Gasteiger partial charge on any atom is -0.396 e. The molecule has 0 bridgehead atoms. The maximum atomic E-state index is 13.6. The molecule has 2 aromatic carbocycles. The quantitative estimate of drug-likeness (QED) is 0.737. The van der Waals surface area contributed by atoms with Gasteiger partial charge in [-0.15, -0.1) is 0 Å². The van der Waals surface area contributed by atoms with E-state index in [1.165, 1.54) is 18.2 Å². The fraction of sp³-hybridized carbons (Fsp3) is 0. The van der Waals surface area contributed by atoms with Gasteiger partial charge in [-0.3, -0.25) is 0 Å². The number of hydrogen-bond acceptors (Lipinski definition) is 1. The van der Waals surface area contributed by atoms with Crippen molar-refractivity contribution in [3.05, 3.63) is 53.8 Å². The van der Waals surface area contributed by atoms with E-state index in [0.29, 0.717) is 0 Å². The van der Waals surface area contributed by atoms with E-state index >= 15 is 0 Å². The van der Waals surface area contributed by atoms with E-state index in [1.54, 1.807) is 0 Å². The normalized spacial score (nSPS) is 10.4. The molecule has 0 atom stereocenters. The van der Waals surface area contributed by atoms with E-state index < -0.39 is 23.0 Å². The molecule has 0 radical (unpaired) electrons. The first-order valence-corrected chi connectivity index (χ1v) is 4.59. The third-order valence-electron chi connectivity index (χ3n) is 2.26. The van der Waals surface area contributed by atoms with E-state index in [1.807, 2.05) is 0 Å². The van der Waals surface area contributed by atoms with E-state index in [-0.39, 0.29) is 11.3 Å². The van der Waals surface area contributed by atoms with Crippen LogP contribution in [0.5, 0.6) is 0 Å². The fourth-order valence-corrected chi connectivity index (χ4v) is 1.48. The maximum absolute atomic E-state index is 13.6. The molecule has 0 unspecified atom stereocenters. The Kier molecular flexibility index (Phi) is 2.56. The number of rotatable bonds is 1. The van der Waals surface area contributed by atoms with Crippen LogP contribution >= 0.6 is 0 Å². The Bertz CT molecular complexity index is 538. The van der Waals surface area contributed by atoms with E-state index in [9.17, 15) is 13.2 Å². The second kappa shape index (κ2) is 3.89. The molecular weight excluding hydrogens is 215 g/mol. The van der Waals surface area contributed by atoms with Crippen LogP contribution in [0.3, 0.4) is 0 Å². The van der Waals surface area contributed by atoms with Crippen molar-refractivity contribution < 1.29 is 13.2 Å². The Labute approximate surface area is 90.3 Å². The summed E-state index contributed by atoms with van der Waals surface area (Å²) in [5, 5.41) is 0.